The molecule has 2 atom stereocenters. The molecule has 206 valence electrons. The van der Waals surface area contributed by atoms with E-state index in [1.54, 1.807) is 0 Å². The van der Waals surface area contributed by atoms with Gasteiger partial charge in [0.1, 0.15) is 0 Å². The fourth-order valence-electron chi connectivity index (χ4n) is 5.33. The van der Waals surface area contributed by atoms with Gasteiger partial charge in [0, 0.05) is 21.4 Å². The van der Waals surface area contributed by atoms with Crippen LogP contribution in [-0.2, 0) is 9.59 Å². The van der Waals surface area contributed by atoms with E-state index in [9.17, 15) is 9.59 Å². The molecule has 4 nitrogen and oxygen atoms in total. The van der Waals surface area contributed by atoms with E-state index in [1.807, 2.05) is 41.5 Å². The highest BCUT2D eigenvalue weighted by Crippen LogP contribution is 2.60. The molecule has 2 amide bonds. The first-order chi connectivity index (χ1) is 17.2. The molecule has 0 aliphatic carbocycles. The maximum Gasteiger partial charge on any atom is 0.232 e. The third-order valence-electron chi connectivity index (χ3n) is 7.40. The summed E-state index contributed by atoms with van der Waals surface area (Å²) in [6.45, 7) is 25.9. The number of nitrogens with zero attached hydrogens (tertiary/aromatic N) is 2. The van der Waals surface area contributed by atoms with Crippen molar-refractivity contribution in [3.05, 3.63) is 36.4 Å². The number of benzene rings is 2. The molecule has 2 heterocycles. The van der Waals surface area contributed by atoms with Gasteiger partial charge in [0.15, 0.2) is 0 Å². The Balaban J connectivity index is 1.99. The van der Waals surface area contributed by atoms with E-state index in [0.717, 1.165) is 23.9 Å². The molecule has 4 rings (SSSR count). The lowest BCUT2D eigenvalue weighted by molar-refractivity contribution is -0.126. The molecule has 0 saturated heterocycles. The van der Waals surface area contributed by atoms with Crippen LogP contribution >= 0.6 is 15.8 Å². The topological polar surface area (TPSA) is 40.6 Å². The van der Waals surface area contributed by atoms with Crippen molar-refractivity contribution in [1.29, 1.82) is 0 Å². The van der Waals surface area contributed by atoms with Gasteiger partial charge >= 0.3 is 0 Å². The summed E-state index contributed by atoms with van der Waals surface area (Å²) >= 11 is 0. The van der Waals surface area contributed by atoms with Gasteiger partial charge in [0.25, 0.3) is 0 Å². The first-order valence-electron chi connectivity index (χ1n) is 13.7. The van der Waals surface area contributed by atoms with Gasteiger partial charge in [0.2, 0.25) is 11.8 Å². The third-order valence-corrected chi connectivity index (χ3v) is 13.8. The van der Waals surface area contributed by atoms with E-state index in [0.29, 0.717) is 0 Å². The molecule has 2 aromatic rings. The first-order valence-corrected chi connectivity index (χ1v) is 16.8. The highest BCUT2D eigenvalue weighted by molar-refractivity contribution is 7.69. The average molecular weight is 553 g/mol. The summed E-state index contributed by atoms with van der Waals surface area (Å²) in [5.41, 5.74) is 3.74. The molecule has 0 aromatic heterocycles. The van der Waals surface area contributed by atoms with Gasteiger partial charge in [-0.2, -0.15) is 0 Å². The number of hydrogen-bond acceptors (Lipinski definition) is 2. The lowest BCUT2D eigenvalue weighted by atomic mass is 9.94. The number of carbonyl (C=O) groups excluding carboxylic acids is 2. The molecular weight excluding hydrogens is 506 g/mol. The minimum atomic E-state index is -0.625. The van der Waals surface area contributed by atoms with Crippen molar-refractivity contribution < 1.29 is 9.59 Å². The molecule has 0 N–H and O–H groups in total. The monoisotopic (exact) mass is 552 g/mol. The predicted octanol–water partition coefficient (Wildman–Crippen LogP) is 7.87. The van der Waals surface area contributed by atoms with Gasteiger partial charge < -0.3 is 9.80 Å². The van der Waals surface area contributed by atoms with Crippen LogP contribution in [0.25, 0.3) is 11.1 Å². The van der Waals surface area contributed by atoms with Crippen LogP contribution in [0, 0.1) is 10.8 Å². The van der Waals surface area contributed by atoms with Crippen molar-refractivity contribution in [2.75, 3.05) is 22.4 Å². The van der Waals surface area contributed by atoms with Crippen molar-refractivity contribution in [1.82, 2.24) is 0 Å². The predicted molar refractivity (Wildman–Crippen MR) is 168 cm³/mol. The molecule has 0 spiro atoms. The Bertz CT molecular complexity index is 1170. The van der Waals surface area contributed by atoms with Crippen LogP contribution in [0.5, 0.6) is 0 Å². The molecule has 2 aromatic carbocycles. The Morgan fingerprint density at radius 3 is 1.16 bits per heavy atom. The largest absolute Gasteiger partial charge is 0.307 e. The van der Waals surface area contributed by atoms with Crippen molar-refractivity contribution in [2.45, 2.75) is 93.4 Å². The van der Waals surface area contributed by atoms with Gasteiger partial charge in [-0.25, -0.2) is 0 Å². The lowest BCUT2D eigenvalue weighted by Crippen LogP contribution is -2.38. The molecule has 6 heteroatoms. The third kappa shape index (κ3) is 5.09. The van der Waals surface area contributed by atoms with Gasteiger partial charge in [-0.05, 0) is 49.4 Å². The van der Waals surface area contributed by atoms with E-state index in [4.69, 9.17) is 0 Å². The summed E-state index contributed by atoms with van der Waals surface area (Å²) in [5, 5.41) is 2.78. The van der Waals surface area contributed by atoms with Crippen molar-refractivity contribution in [2.24, 2.45) is 10.8 Å². The van der Waals surface area contributed by atoms with E-state index in [-0.39, 0.29) is 22.1 Å². The zero-order valence-corrected chi connectivity index (χ0v) is 27.3. The second kappa shape index (κ2) is 9.42. The zero-order chi connectivity index (χ0) is 28.6. The van der Waals surface area contributed by atoms with Crippen LogP contribution in [0.15, 0.2) is 36.4 Å². The van der Waals surface area contributed by atoms with Crippen molar-refractivity contribution >= 4 is 49.6 Å². The molecule has 2 aliphatic heterocycles. The second-order valence-electron chi connectivity index (χ2n) is 14.8. The molecule has 0 fully saturated rings. The highest BCUT2D eigenvalue weighted by Gasteiger charge is 2.45. The summed E-state index contributed by atoms with van der Waals surface area (Å²) < 4.78 is 0. The number of carbonyl (C=O) groups is 2. The minimum Gasteiger partial charge on any atom is -0.307 e. The number of amides is 2. The fourth-order valence-corrected chi connectivity index (χ4v) is 10.8. The van der Waals surface area contributed by atoms with E-state index in [1.165, 1.54) is 21.7 Å². The maximum absolute atomic E-state index is 13.6. The SMILES string of the molecule is CC(C)(C)C(=O)N1C[P@@](C(C)(C)C)c2c(-c3cccc4c3[P@@](C(C)(C)C)CN4C(=O)C(C)(C)C)cccc21. The summed E-state index contributed by atoms with van der Waals surface area (Å²) in [6, 6.07) is 13.0. The number of anilines is 2. The lowest BCUT2D eigenvalue weighted by Gasteiger charge is -2.32. The van der Waals surface area contributed by atoms with E-state index < -0.39 is 26.7 Å². The molecule has 0 unspecified atom stereocenters. The van der Waals surface area contributed by atoms with E-state index in [2.05, 4.69) is 87.7 Å². The van der Waals surface area contributed by atoms with E-state index >= 15 is 0 Å². The fraction of sp³-hybridized carbons (Fsp3) is 0.562. The van der Waals surface area contributed by atoms with Gasteiger partial charge in [-0.15, -0.1) is 0 Å². The van der Waals surface area contributed by atoms with Crippen LogP contribution in [0.1, 0.15) is 83.1 Å². The molecule has 2 aliphatic rings. The standard InChI is InChI=1S/C32H46N2O2P2/c1-29(2,3)27(35)33-19-37(31(7,8)9)25-21(15-13-17-23(25)33)22-16-14-18-24-26(22)38(32(10,11)12)20-34(24)28(36)30(4,5)6/h13-18H,19-20H2,1-12H3/t37-,38+. The van der Waals surface area contributed by atoms with Crippen LogP contribution in [0.2, 0.25) is 0 Å². The molecule has 0 bridgehead atoms. The van der Waals surface area contributed by atoms with Gasteiger partial charge in [-0.1, -0.05) is 107 Å². The smallest absolute Gasteiger partial charge is 0.232 e. The Kier molecular flexibility index (Phi) is 7.24. The minimum absolute atomic E-state index is 0.0497. The molecule has 38 heavy (non-hydrogen) atoms. The first kappa shape index (κ1) is 29.2. The quantitative estimate of drug-likeness (QED) is 0.338. The van der Waals surface area contributed by atoms with Crippen LogP contribution in [0.3, 0.4) is 0 Å². The average Bonchev–Trinajstić information content (AvgIpc) is 3.35. The normalized spacial score (nSPS) is 20.0. The Morgan fingerprint density at radius 2 is 0.895 bits per heavy atom. The summed E-state index contributed by atoms with van der Waals surface area (Å²) in [5.74, 6) is 0.365. The van der Waals surface area contributed by atoms with Gasteiger partial charge in [0.05, 0.1) is 23.9 Å². The number of fused-ring (bicyclic) bond motifs is 2. The number of hydrogen-bond donors (Lipinski definition) is 0. The van der Waals surface area contributed by atoms with Crippen molar-refractivity contribution in [3.8, 4) is 11.1 Å². The Morgan fingerprint density at radius 1 is 0.579 bits per heavy atom. The summed E-state index contributed by atoms with van der Waals surface area (Å²) in [6.07, 6.45) is 1.53. The van der Waals surface area contributed by atoms with Gasteiger partial charge in [-0.3, -0.25) is 9.59 Å². The summed E-state index contributed by atoms with van der Waals surface area (Å²) in [7, 11) is -1.25. The van der Waals surface area contributed by atoms with Crippen LogP contribution < -0.4 is 20.4 Å². The zero-order valence-electron chi connectivity index (χ0n) is 25.5. The Hall–Kier alpha value is -1.76. The van der Waals surface area contributed by atoms with Crippen LogP contribution in [-0.4, -0.2) is 34.7 Å². The molecular formula is C32H46N2O2P2. The van der Waals surface area contributed by atoms with Crippen molar-refractivity contribution in [3.63, 3.8) is 0 Å². The molecule has 0 saturated carbocycles. The maximum atomic E-state index is 13.6. The Labute approximate surface area is 233 Å². The summed E-state index contributed by atoms with van der Waals surface area (Å²) in [4.78, 5) is 31.4. The molecule has 0 radical (unpaired) electrons. The second-order valence-corrected chi connectivity index (χ2v) is 20.6. The highest BCUT2D eigenvalue weighted by atomic mass is 31.1. The van der Waals surface area contributed by atoms with Crippen LogP contribution in [0.4, 0.5) is 11.4 Å². The number of rotatable bonds is 1.